The van der Waals surface area contributed by atoms with Gasteiger partial charge in [-0.2, -0.15) is 0 Å². The van der Waals surface area contributed by atoms with Crippen molar-refractivity contribution in [1.29, 1.82) is 0 Å². The quantitative estimate of drug-likeness (QED) is 0.716. The Hall–Kier alpha value is -0.530. The monoisotopic (exact) mass is 264 g/mol. The maximum atomic E-state index is 6.67. The van der Waals surface area contributed by atoms with Crippen LogP contribution in [0.25, 0.3) is 0 Å². The number of halogens is 1. The zero-order valence-electron chi connectivity index (χ0n) is 10.9. The van der Waals surface area contributed by atoms with Gasteiger partial charge >= 0.3 is 0 Å². The lowest BCUT2D eigenvalue weighted by Gasteiger charge is -2.31. The summed E-state index contributed by atoms with van der Waals surface area (Å²) in [5, 5.41) is 0.175. The van der Waals surface area contributed by atoms with Crippen molar-refractivity contribution in [2.45, 2.75) is 56.6 Å². The van der Waals surface area contributed by atoms with E-state index in [0.29, 0.717) is 18.1 Å². The SMILES string of the molecule is CC1CCC(CC2CCc3ccccc3C2Cl)O1. The third-order valence-corrected chi connectivity index (χ3v) is 5.03. The molecule has 98 valence electrons. The Labute approximate surface area is 114 Å². The highest BCUT2D eigenvalue weighted by molar-refractivity contribution is 6.21. The van der Waals surface area contributed by atoms with Crippen LogP contribution in [0, 0.1) is 5.92 Å². The third kappa shape index (κ3) is 2.44. The van der Waals surface area contributed by atoms with Gasteiger partial charge in [0.2, 0.25) is 0 Å². The lowest BCUT2D eigenvalue weighted by Crippen LogP contribution is -2.22. The van der Waals surface area contributed by atoms with Gasteiger partial charge in [-0.25, -0.2) is 0 Å². The smallest absolute Gasteiger partial charge is 0.0617 e. The molecule has 0 N–H and O–H groups in total. The molecule has 0 bridgehead atoms. The lowest BCUT2D eigenvalue weighted by molar-refractivity contribution is 0.0389. The molecule has 3 rings (SSSR count). The van der Waals surface area contributed by atoms with Crippen molar-refractivity contribution in [3.63, 3.8) is 0 Å². The highest BCUT2D eigenvalue weighted by Crippen LogP contribution is 2.42. The molecule has 0 aromatic heterocycles. The van der Waals surface area contributed by atoms with E-state index < -0.39 is 0 Å². The van der Waals surface area contributed by atoms with Crippen LogP contribution in [0.2, 0.25) is 0 Å². The maximum Gasteiger partial charge on any atom is 0.0617 e. The molecule has 18 heavy (non-hydrogen) atoms. The molecule has 1 aromatic rings. The van der Waals surface area contributed by atoms with Gasteiger partial charge in [0.1, 0.15) is 0 Å². The molecule has 0 spiro atoms. The molecule has 1 aromatic carbocycles. The van der Waals surface area contributed by atoms with Gasteiger partial charge in [0.05, 0.1) is 17.6 Å². The van der Waals surface area contributed by atoms with E-state index in [0.717, 1.165) is 6.42 Å². The molecular formula is C16H21ClO. The zero-order chi connectivity index (χ0) is 12.5. The normalized spacial score (nSPS) is 35.4. The van der Waals surface area contributed by atoms with Gasteiger partial charge in [-0.05, 0) is 56.1 Å². The van der Waals surface area contributed by atoms with Gasteiger partial charge in [-0.15, -0.1) is 11.6 Å². The first kappa shape index (κ1) is 12.5. The van der Waals surface area contributed by atoms with Crippen LogP contribution in [-0.2, 0) is 11.2 Å². The molecule has 4 unspecified atom stereocenters. The van der Waals surface area contributed by atoms with Crippen molar-refractivity contribution in [2.75, 3.05) is 0 Å². The Morgan fingerprint density at radius 2 is 2.06 bits per heavy atom. The van der Waals surface area contributed by atoms with Gasteiger partial charge in [0.15, 0.2) is 0 Å². The summed E-state index contributed by atoms with van der Waals surface area (Å²) in [6.45, 7) is 2.17. The molecule has 2 aliphatic rings. The number of fused-ring (bicyclic) bond motifs is 1. The van der Waals surface area contributed by atoms with E-state index in [4.69, 9.17) is 16.3 Å². The fraction of sp³-hybridized carbons (Fsp3) is 0.625. The van der Waals surface area contributed by atoms with Crippen LogP contribution < -0.4 is 0 Å². The number of alkyl halides is 1. The molecule has 1 saturated heterocycles. The number of ether oxygens (including phenoxy) is 1. The first-order valence-corrected chi connectivity index (χ1v) is 7.55. The van der Waals surface area contributed by atoms with Crippen LogP contribution >= 0.6 is 11.6 Å². The minimum atomic E-state index is 0.175. The Balaban J connectivity index is 1.69. The number of aryl methyl sites for hydroxylation is 1. The Morgan fingerprint density at radius 1 is 1.22 bits per heavy atom. The molecule has 1 heterocycles. The summed E-state index contributed by atoms with van der Waals surface area (Å²) in [7, 11) is 0. The zero-order valence-corrected chi connectivity index (χ0v) is 11.7. The predicted octanol–water partition coefficient (Wildman–Crippen LogP) is 4.49. The fourth-order valence-corrected chi connectivity index (χ4v) is 3.85. The summed E-state index contributed by atoms with van der Waals surface area (Å²) in [6, 6.07) is 8.63. The largest absolute Gasteiger partial charge is 0.375 e. The molecule has 2 heteroatoms. The summed E-state index contributed by atoms with van der Waals surface area (Å²) >= 11 is 6.67. The van der Waals surface area contributed by atoms with Crippen molar-refractivity contribution in [3.8, 4) is 0 Å². The van der Waals surface area contributed by atoms with E-state index in [9.17, 15) is 0 Å². The van der Waals surface area contributed by atoms with Crippen LogP contribution in [-0.4, -0.2) is 12.2 Å². The number of benzene rings is 1. The second-order valence-corrected chi connectivity index (χ2v) is 6.25. The maximum absolute atomic E-state index is 6.67. The van der Waals surface area contributed by atoms with E-state index in [1.807, 2.05) is 0 Å². The molecule has 0 radical (unpaired) electrons. The lowest BCUT2D eigenvalue weighted by atomic mass is 9.80. The Morgan fingerprint density at radius 3 is 2.83 bits per heavy atom. The fourth-order valence-electron chi connectivity index (χ4n) is 3.41. The van der Waals surface area contributed by atoms with Gasteiger partial charge in [0.25, 0.3) is 0 Å². The van der Waals surface area contributed by atoms with Gasteiger partial charge in [0, 0.05) is 0 Å². The number of hydrogen-bond donors (Lipinski definition) is 0. The standard InChI is InChI=1S/C16H21ClO/c1-11-6-9-14(18-11)10-13-8-7-12-4-2-3-5-15(12)16(13)17/h2-5,11,13-14,16H,6-10H2,1H3. The summed E-state index contributed by atoms with van der Waals surface area (Å²) < 4.78 is 5.94. The van der Waals surface area contributed by atoms with Gasteiger partial charge in [-0.1, -0.05) is 24.3 Å². The summed E-state index contributed by atoms with van der Waals surface area (Å²) in [5.41, 5.74) is 2.79. The average Bonchev–Trinajstić information content (AvgIpc) is 2.79. The molecular weight excluding hydrogens is 244 g/mol. The highest BCUT2D eigenvalue weighted by Gasteiger charge is 2.32. The van der Waals surface area contributed by atoms with Crippen LogP contribution in [0.3, 0.4) is 0 Å². The summed E-state index contributed by atoms with van der Waals surface area (Å²) in [4.78, 5) is 0. The minimum Gasteiger partial charge on any atom is -0.375 e. The number of rotatable bonds is 2. The first-order valence-electron chi connectivity index (χ1n) is 7.11. The Bertz CT molecular complexity index is 417. The molecule has 1 fully saturated rings. The molecule has 4 atom stereocenters. The third-order valence-electron chi connectivity index (χ3n) is 4.44. The van der Waals surface area contributed by atoms with Crippen LogP contribution in [0.4, 0.5) is 0 Å². The topological polar surface area (TPSA) is 9.23 Å². The van der Waals surface area contributed by atoms with Crippen LogP contribution in [0.5, 0.6) is 0 Å². The van der Waals surface area contributed by atoms with E-state index in [2.05, 4.69) is 31.2 Å². The summed E-state index contributed by atoms with van der Waals surface area (Å²) in [6.07, 6.45) is 6.82. The van der Waals surface area contributed by atoms with E-state index in [1.54, 1.807) is 0 Å². The van der Waals surface area contributed by atoms with Crippen molar-refractivity contribution >= 4 is 11.6 Å². The molecule has 0 amide bonds. The van der Waals surface area contributed by atoms with E-state index in [1.165, 1.54) is 36.8 Å². The number of hydrogen-bond acceptors (Lipinski definition) is 1. The van der Waals surface area contributed by atoms with E-state index in [-0.39, 0.29) is 5.38 Å². The minimum absolute atomic E-state index is 0.175. The molecule has 1 aliphatic carbocycles. The second kappa shape index (κ2) is 5.22. The van der Waals surface area contributed by atoms with Crippen molar-refractivity contribution in [2.24, 2.45) is 5.92 Å². The predicted molar refractivity (Wildman–Crippen MR) is 75.0 cm³/mol. The van der Waals surface area contributed by atoms with Crippen LogP contribution in [0.15, 0.2) is 24.3 Å². The molecule has 1 nitrogen and oxygen atoms in total. The Kier molecular flexibility index (Phi) is 3.63. The first-order chi connectivity index (χ1) is 8.74. The van der Waals surface area contributed by atoms with Crippen LogP contribution in [0.1, 0.15) is 49.1 Å². The highest BCUT2D eigenvalue weighted by atomic mass is 35.5. The molecule has 1 aliphatic heterocycles. The van der Waals surface area contributed by atoms with Gasteiger partial charge < -0.3 is 4.74 Å². The van der Waals surface area contributed by atoms with Gasteiger partial charge in [-0.3, -0.25) is 0 Å². The van der Waals surface area contributed by atoms with Crippen molar-refractivity contribution in [1.82, 2.24) is 0 Å². The average molecular weight is 265 g/mol. The van der Waals surface area contributed by atoms with E-state index >= 15 is 0 Å². The van der Waals surface area contributed by atoms with Crippen molar-refractivity contribution < 1.29 is 4.74 Å². The molecule has 0 saturated carbocycles. The van der Waals surface area contributed by atoms with Crippen molar-refractivity contribution in [3.05, 3.63) is 35.4 Å². The second-order valence-electron chi connectivity index (χ2n) is 5.78. The summed E-state index contributed by atoms with van der Waals surface area (Å²) in [5.74, 6) is 0.580.